The molecule has 0 N–H and O–H groups in total. The molecule has 0 bridgehead atoms. The second-order valence-corrected chi connectivity index (χ2v) is 6.34. The lowest BCUT2D eigenvalue weighted by molar-refractivity contribution is 0.592. The van der Waals surface area contributed by atoms with Crippen LogP contribution in [0, 0.1) is 0 Å². The zero-order valence-corrected chi connectivity index (χ0v) is 15.0. The summed E-state index contributed by atoms with van der Waals surface area (Å²) in [6.45, 7) is 2.27. The molecule has 0 amide bonds. The van der Waals surface area contributed by atoms with Gasteiger partial charge in [-0.1, -0.05) is 87.9 Å². The molecule has 1 heteroatoms. The van der Waals surface area contributed by atoms with E-state index < -0.39 is 0 Å². The van der Waals surface area contributed by atoms with E-state index in [2.05, 4.69) is 84.8 Å². The summed E-state index contributed by atoms with van der Waals surface area (Å²) < 4.78 is 0. The van der Waals surface area contributed by atoms with Gasteiger partial charge >= 0.3 is 0 Å². The minimum atomic E-state index is 1.16. The average molecular weight is 322 g/mol. The molecule has 0 aliphatic heterocycles. The summed E-state index contributed by atoms with van der Waals surface area (Å²) in [7, 11) is 0. The van der Waals surface area contributed by atoms with Gasteiger partial charge in [-0.05, 0) is 37.1 Å². The monoisotopic (exact) mass is 321 g/mol. The number of benzene rings is 2. The molecule has 0 radical (unpaired) electrons. The van der Waals surface area contributed by atoms with Gasteiger partial charge in [-0.3, -0.25) is 0 Å². The molecule has 0 aliphatic rings. The van der Waals surface area contributed by atoms with Gasteiger partial charge in [-0.2, -0.15) is 0 Å². The van der Waals surface area contributed by atoms with E-state index in [9.17, 15) is 0 Å². The van der Waals surface area contributed by atoms with Crippen LogP contribution in [0.25, 0.3) is 0 Å². The fourth-order valence-corrected chi connectivity index (χ4v) is 2.90. The quantitative estimate of drug-likeness (QED) is 0.388. The number of allylic oxidation sites excluding steroid dienone is 1. The van der Waals surface area contributed by atoms with Gasteiger partial charge in [0.25, 0.3) is 0 Å². The second kappa shape index (κ2) is 11.5. The summed E-state index contributed by atoms with van der Waals surface area (Å²) in [5.41, 5.74) is 2.42. The van der Waals surface area contributed by atoms with E-state index in [0.717, 1.165) is 6.42 Å². The van der Waals surface area contributed by atoms with Crippen molar-refractivity contribution in [2.24, 2.45) is 0 Å². The zero-order chi connectivity index (χ0) is 16.9. The second-order valence-electron chi connectivity index (χ2n) is 6.34. The van der Waals surface area contributed by atoms with E-state index in [1.807, 2.05) is 0 Å². The first-order valence-electron chi connectivity index (χ1n) is 9.48. The lowest BCUT2D eigenvalue weighted by Gasteiger charge is -2.20. The number of unbranched alkanes of at least 4 members (excludes halogenated alkanes) is 7. The highest BCUT2D eigenvalue weighted by molar-refractivity contribution is 5.65. The van der Waals surface area contributed by atoms with Gasteiger partial charge in [0, 0.05) is 17.6 Å². The van der Waals surface area contributed by atoms with Gasteiger partial charge in [0.15, 0.2) is 0 Å². The molecule has 0 atom stereocenters. The lowest BCUT2D eigenvalue weighted by Crippen LogP contribution is -2.07. The van der Waals surface area contributed by atoms with Crippen molar-refractivity contribution in [1.82, 2.24) is 0 Å². The average Bonchev–Trinajstić information content (AvgIpc) is 2.65. The summed E-state index contributed by atoms with van der Waals surface area (Å²) in [4.78, 5) is 2.27. The smallest absolute Gasteiger partial charge is 0.0455 e. The van der Waals surface area contributed by atoms with Crippen molar-refractivity contribution in [1.29, 1.82) is 0 Å². The van der Waals surface area contributed by atoms with Crippen LogP contribution in [-0.2, 0) is 0 Å². The number of hydrogen-bond acceptors (Lipinski definition) is 1. The summed E-state index contributed by atoms with van der Waals surface area (Å²) in [6.07, 6.45) is 15.2. The number of para-hydroxylation sites is 2. The van der Waals surface area contributed by atoms with E-state index in [-0.39, 0.29) is 0 Å². The van der Waals surface area contributed by atoms with Crippen LogP contribution in [0.3, 0.4) is 0 Å². The molecule has 0 aliphatic carbocycles. The number of hydrogen-bond donors (Lipinski definition) is 0. The molecule has 0 saturated carbocycles. The van der Waals surface area contributed by atoms with Crippen LogP contribution in [0.2, 0.25) is 0 Å². The van der Waals surface area contributed by atoms with Crippen molar-refractivity contribution in [2.75, 3.05) is 4.90 Å². The standard InChI is InChI=1S/C23H31N/c1-2-3-4-5-6-7-8-9-16-21-24(22-17-12-10-13-18-22)23-19-14-11-15-20-23/h10-21H,2-9H2,1H3. The molecule has 24 heavy (non-hydrogen) atoms. The fraction of sp³-hybridized carbons (Fsp3) is 0.391. The molecule has 0 saturated heterocycles. The predicted molar refractivity (Wildman–Crippen MR) is 107 cm³/mol. The molecule has 0 fully saturated rings. The largest absolute Gasteiger partial charge is 0.318 e. The molecule has 0 unspecified atom stereocenters. The van der Waals surface area contributed by atoms with Crippen LogP contribution in [0.15, 0.2) is 72.9 Å². The van der Waals surface area contributed by atoms with Crippen LogP contribution in [-0.4, -0.2) is 0 Å². The van der Waals surface area contributed by atoms with E-state index >= 15 is 0 Å². The van der Waals surface area contributed by atoms with Gasteiger partial charge in [-0.15, -0.1) is 0 Å². The van der Waals surface area contributed by atoms with Crippen molar-refractivity contribution in [3.8, 4) is 0 Å². The lowest BCUT2D eigenvalue weighted by atomic mass is 10.1. The maximum atomic E-state index is 2.31. The van der Waals surface area contributed by atoms with Crippen LogP contribution in [0.5, 0.6) is 0 Å². The third-order valence-corrected chi connectivity index (χ3v) is 4.30. The topological polar surface area (TPSA) is 3.24 Å². The maximum Gasteiger partial charge on any atom is 0.0455 e. The van der Waals surface area contributed by atoms with Crippen LogP contribution in [0.4, 0.5) is 11.4 Å². The molecule has 0 spiro atoms. The Kier molecular flexibility index (Phi) is 8.78. The normalized spacial score (nSPS) is 11.0. The Morgan fingerprint density at radius 1 is 0.667 bits per heavy atom. The third-order valence-electron chi connectivity index (χ3n) is 4.30. The van der Waals surface area contributed by atoms with E-state index in [1.165, 1.54) is 56.3 Å². The Labute approximate surface area is 148 Å². The van der Waals surface area contributed by atoms with Crippen LogP contribution in [0.1, 0.15) is 58.3 Å². The third kappa shape index (κ3) is 6.62. The highest BCUT2D eigenvalue weighted by Gasteiger charge is 2.04. The highest BCUT2D eigenvalue weighted by atomic mass is 15.1. The highest BCUT2D eigenvalue weighted by Crippen LogP contribution is 2.25. The SMILES string of the molecule is CCCCCCCCCC=CN(c1ccccc1)c1ccccc1. The Bertz CT molecular complexity index is 520. The summed E-state index contributed by atoms with van der Waals surface area (Å²) in [5.74, 6) is 0. The first-order chi connectivity index (χ1) is 11.9. The Morgan fingerprint density at radius 2 is 1.17 bits per heavy atom. The summed E-state index contributed by atoms with van der Waals surface area (Å²) in [5, 5.41) is 0. The van der Waals surface area contributed by atoms with Crippen molar-refractivity contribution < 1.29 is 0 Å². The number of anilines is 2. The molecule has 2 rings (SSSR count). The number of nitrogens with zero attached hydrogens (tertiary/aromatic N) is 1. The predicted octanol–water partition coefficient (Wildman–Crippen LogP) is 7.48. The van der Waals surface area contributed by atoms with Gasteiger partial charge in [-0.25, -0.2) is 0 Å². The minimum Gasteiger partial charge on any atom is -0.318 e. The molecule has 1 nitrogen and oxygen atoms in total. The molecular weight excluding hydrogens is 290 g/mol. The Hall–Kier alpha value is -2.02. The first-order valence-corrected chi connectivity index (χ1v) is 9.48. The molecule has 128 valence electrons. The van der Waals surface area contributed by atoms with Crippen molar-refractivity contribution >= 4 is 11.4 Å². The van der Waals surface area contributed by atoms with E-state index in [4.69, 9.17) is 0 Å². The van der Waals surface area contributed by atoms with Gasteiger partial charge in [0.05, 0.1) is 0 Å². The minimum absolute atomic E-state index is 1.16. The van der Waals surface area contributed by atoms with Gasteiger partial charge in [0.1, 0.15) is 0 Å². The molecular formula is C23H31N. The maximum absolute atomic E-state index is 2.31. The van der Waals surface area contributed by atoms with E-state index in [0.29, 0.717) is 0 Å². The number of rotatable bonds is 11. The Morgan fingerprint density at radius 3 is 1.71 bits per heavy atom. The summed E-state index contributed by atoms with van der Waals surface area (Å²) >= 11 is 0. The molecule has 0 heterocycles. The van der Waals surface area contributed by atoms with E-state index in [1.54, 1.807) is 0 Å². The Balaban J connectivity index is 1.83. The van der Waals surface area contributed by atoms with Crippen LogP contribution < -0.4 is 4.90 Å². The molecule has 0 aromatic heterocycles. The summed E-state index contributed by atoms with van der Waals surface area (Å²) in [6, 6.07) is 21.1. The zero-order valence-electron chi connectivity index (χ0n) is 15.0. The van der Waals surface area contributed by atoms with Crippen LogP contribution >= 0.6 is 0 Å². The van der Waals surface area contributed by atoms with Gasteiger partial charge < -0.3 is 4.90 Å². The molecule has 2 aromatic carbocycles. The van der Waals surface area contributed by atoms with Crippen molar-refractivity contribution in [2.45, 2.75) is 58.3 Å². The van der Waals surface area contributed by atoms with Crippen molar-refractivity contribution in [3.63, 3.8) is 0 Å². The fourth-order valence-electron chi connectivity index (χ4n) is 2.90. The van der Waals surface area contributed by atoms with Gasteiger partial charge in [0.2, 0.25) is 0 Å². The molecule has 2 aromatic rings. The van der Waals surface area contributed by atoms with Crippen molar-refractivity contribution in [3.05, 3.63) is 72.9 Å². The first kappa shape index (κ1) is 18.3.